The number of alkyl halides is 3. The van der Waals surface area contributed by atoms with Gasteiger partial charge in [0.15, 0.2) is 0 Å². The molecule has 1 heterocycles. The maximum atomic E-state index is 12.5. The van der Waals surface area contributed by atoms with Crippen LogP contribution in [0.2, 0.25) is 0 Å². The van der Waals surface area contributed by atoms with Crippen molar-refractivity contribution in [3.8, 4) is 0 Å². The number of nitrogens with zero attached hydrogens (tertiary/aromatic N) is 1. The van der Waals surface area contributed by atoms with Crippen LogP contribution in [0.25, 0.3) is 0 Å². The fourth-order valence-electron chi connectivity index (χ4n) is 3.21. The average Bonchev–Trinajstić information content (AvgIpc) is 2.97. The number of aliphatic hydroxyl groups is 1. The maximum Gasteiger partial charge on any atom is 0.416 e. The molecule has 25 heavy (non-hydrogen) atoms. The summed E-state index contributed by atoms with van der Waals surface area (Å²) in [5.41, 5.74) is -1.10. The average molecular weight is 358 g/mol. The summed E-state index contributed by atoms with van der Waals surface area (Å²) in [4.78, 5) is 25.4. The van der Waals surface area contributed by atoms with E-state index in [1.54, 1.807) is 0 Å². The quantitative estimate of drug-likeness (QED) is 0.847. The van der Waals surface area contributed by atoms with E-state index in [1.807, 2.05) is 0 Å². The zero-order valence-electron chi connectivity index (χ0n) is 13.9. The Kier molecular flexibility index (Phi) is 5.72. The van der Waals surface area contributed by atoms with E-state index in [0.29, 0.717) is 24.9 Å². The summed E-state index contributed by atoms with van der Waals surface area (Å²) >= 11 is 0. The zero-order valence-corrected chi connectivity index (χ0v) is 13.9. The minimum Gasteiger partial charge on any atom is -0.394 e. The van der Waals surface area contributed by atoms with Crippen molar-refractivity contribution in [2.75, 3.05) is 13.2 Å². The van der Waals surface area contributed by atoms with Gasteiger partial charge in [0.2, 0.25) is 11.8 Å². The summed E-state index contributed by atoms with van der Waals surface area (Å²) in [6, 6.07) is 4.54. The number of halogens is 3. The van der Waals surface area contributed by atoms with Crippen molar-refractivity contribution in [3.63, 3.8) is 0 Å². The minimum absolute atomic E-state index is 0.0380. The molecule has 2 amide bonds. The monoisotopic (exact) mass is 358 g/mol. The molecule has 5 nitrogen and oxygen atoms in total. The first-order chi connectivity index (χ1) is 11.7. The Morgan fingerprint density at radius 1 is 1.28 bits per heavy atom. The molecule has 0 aromatic heterocycles. The van der Waals surface area contributed by atoms with Crippen LogP contribution in [0, 0.1) is 0 Å². The molecular formula is C17H21F3N2O3. The fourth-order valence-corrected chi connectivity index (χ4v) is 3.21. The molecule has 138 valence electrons. The molecule has 0 unspecified atom stereocenters. The van der Waals surface area contributed by atoms with Gasteiger partial charge in [-0.15, -0.1) is 0 Å². The summed E-state index contributed by atoms with van der Waals surface area (Å²) in [6.45, 7) is 1.68. The van der Waals surface area contributed by atoms with Crippen LogP contribution >= 0.6 is 0 Å². The molecule has 0 radical (unpaired) electrons. The highest BCUT2D eigenvalue weighted by Crippen LogP contribution is 2.32. The van der Waals surface area contributed by atoms with Crippen molar-refractivity contribution >= 4 is 11.8 Å². The molecule has 1 aliphatic rings. The number of rotatable bonds is 5. The second-order valence-corrected chi connectivity index (χ2v) is 6.30. The van der Waals surface area contributed by atoms with E-state index in [-0.39, 0.29) is 31.4 Å². The number of benzene rings is 1. The molecule has 1 aromatic rings. The number of likely N-dealkylation sites (tertiary alicyclic amines) is 1. The Balaban J connectivity index is 1.95. The molecule has 0 saturated carbocycles. The van der Waals surface area contributed by atoms with Gasteiger partial charge in [0, 0.05) is 20.0 Å². The van der Waals surface area contributed by atoms with Gasteiger partial charge in [-0.05, 0) is 30.5 Å². The Hall–Kier alpha value is -2.09. The number of hydrogen-bond acceptors (Lipinski definition) is 3. The van der Waals surface area contributed by atoms with Crippen molar-refractivity contribution in [2.45, 2.75) is 44.4 Å². The minimum atomic E-state index is -4.39. The van der Waals surface area contributed by atoms with Gasteiger partial charge in [-0.25, -0.2) is 0 Å². The molecule has 1 aromatic carbocycles. The number of amides is 2. The predicted octanol–water partition coefficient (Wildman–Crippen LogP) is 2.09. The molecule has 2 N–H and O–H groups in total. The van der Waals surface area contributed by atoms with Crippen molar-refractivity contribution < 1.29 is 27.9 Å². The van der Waals surface area contributed by atoms with E-state index in [9.17, 15) is 27.9 Å². The van der Waals surface area contributed by atoms with Crippen LogP contribution in [-0.2, 0) is 22.3 Å². The van der Waals surface area contributed by atoms with Gasteiger partial charge in [0.1, 0.15) is 0 Å². The summed E-state index contributed by atoms with van der Waals surface area (Å²) in [6.07, 6.45) is -3.18. The Morgan fingerprint density at radius 3 is 2.44 bits per heavy atom. The summed E-state index contributed by atoms with van der Waals surface area (Å²) in [5.74, 6) is -0.552. The molecule has 0 spiro atoms. The van der Waals surface area contributed by atoms with E-state index in [4.69, 9.17) is 0 Å². The number of aliphatic hydroxyl groups excluding tert-OH is 1. The predicted molar refractivity (Wildman–Crippen MR) is 84.3 cm³/mol. The Labute approximate surface area is 143 Å². The van der Waals surface area contributed by atoms with Gasteiger partial charge < -0.3 is 15.3 Å². The first-order valence-corrected chi connectivity index (χ1v) is 8.00. The van der Waals surface area contributed by atoms with E-state index in [0.717, 1.165) is 12.1 Å². The molecule has 8 heteroatoms. The van der Waals surface area contributed by atoms with Gasteiger partial charge in [-0.2, -0.15) is 13.2 Å². The third-order valence-electron chi connectivity index (χ3n) is 4.53. The van der Waals surface area contributed by atoms with Gasteiger partial charge in [0.05, 0.1) is 24.1 Å². The Morgan fingerprint density at radius 2 is 1.92 bits per heavy atom. The first-order valence-electron chi connectivity index (χ1n) is 8.00. The van der Waals surface area contributed by atoms with Crippen molar-refractivity contribution in [2.24, 2.45) is 0 Å². The third-order valence-corrected chi connectivity index (χ3v) is 4.53. The SMILES string of the molecule is CC(=O)N1CCC[C@]1(CO)CC(=O)NCc1ccc(C(F)(F)F)cc1. The largest absolute Gasteiger partial charge is 0.416 e. The van der Waals surface area contributed by atoms with Crippen molar-refractivity contribution in [1.82, 2.24) is 10.2 Å². The number of hydrogen-bond donors (Lipinski definition) is 2. The van der Waals surface area contributed by atoms with Crippen LogP contribution in [0.1, 0.15) is 37.3 Å². The lowest BCUT2D eigenvalue weighted by atomic mass is 9.92. The molecule has 1 fully saturated rings. The first kappa shape index (κ1) is 19.2. The maximum absolute atomic E-state index is 12.5. The number of nitrogens with one attached hydrogen (secondary N) is 1. The molecule has 0 aliphatic carbocycles. The second kappa shape index (κ2) is 7.43. The molecule has 2 rings (SSSR count). The number of carbonyl (C=O) groups is 2. The van der Waals surface area contributed by atoms with Crippen LogP contribution < -0.4 is 5.32 Å². The lowest BCUT2D eigenvalue weighted by molar-refractivity contribution is -0.138. The lowest BCUT2D eigenvalue weighted by Crippen LogP contribution is -2.51. The standard InChI is InChI=1S/C17H21F3N2O3/c1-12(24)22-8-2-7-16(22,11-23)9-15(25)21-10-13-3-5-14(6-4-13)17(18,19)20/h3-6,23H,2,7-11H2,1H3,(H,21,25)/t16-/m1/s1. The highest BCUT2D eigenvalue weighted by Gasteiger charge is 2.43. The van der Waals surface area contributed by atoms with Crippen LogP contribution in [0.4, 0.5) is 13.2 Å². The van der Waals surface area contributed by atoms with Crippen LogP contribution in [0.3, 0.4) is 0 Å². The van der Waals surface area contributed by atoms with Gasteiger partial charge in [-0.3, -0.25) is 9.59 Å². The Bertz CT molecular complexity index is 631. The van der Waals surface area contributed by atoms with E-state index in [1.165, 1.54) is 24.0 Å². The van der Waals surface area contributed by atoms with Crippen LogP contribution in [-0.4, -0.2) is 40.5 Å². The highest BCUT2D eigenvalue weighted by molar-refractivity contribution is 5.80. The molecule has 1 saturated heterocycles. The van der Waals surface area contributed by atoms with Gasteiger partial charge in [0.25, 0.3) is 0 Å². The smallest absolute Gasteiger partial charge is 0.394 e. The zero-order chi connectivity index (χ0) is 18.7. The van der Waals surface area contributed by atoms with Crippen LogP contribution in [0.15, 0.2) is 24.3 Å². The molecule has 1 atom stereocenters. The topological polar surface area (TPSA) is 69.6 Å². The molecular weight excluding hydrogens is 337 g/mol. The van der Waals surface area contributed by atoms with Crippen molar-refractivity contribution in [1.29, 1.82) is 0 Å². The van der Waals surface area contributed by atoms with Crippen LogP contribution in [0.5, 0.6) is 0 Å². The third kappa shape index (κ3) is 4.50. The number of carbonyl (C=O) groups excluding carboxylic acids is 2. The van der Waals surface area contributed by atoms with Crippen molar-refractivity contribution in [3.05, 3.63) is 35.4 Å². The second-order valence-electron chi connectivity index (χ2n) is 6.30. The van der Waals surface area contributed by atoms with E-state index >= 15 is 0 Å². The van der Waals surface area contributed by atoms with E-state index < -0.39 is 17.3 Å². The van der Waals surface area contributed by atoms with Gasteiger partial charge >= 0.3 is 6.18 Å². The lowest BCUT2D eigenvalue weighted by Gasteiger charge is -2.36. The summed E-state index contributed by atoms with van der Waals surface area (Å²) < 4.78 is 37.6. The molecule has 1 aliphatic heterocycles. The highest BCUT2D eigenvalue weighted by atomic mass is 19.4. The molecule has 0 bridgehead atoms. The van der Waals surface area contributed by atoms with Gasteiger partial charge in [-0.1, -0.05) is 12.1 Å². The summed E-state index contributed by atoms with van der Waals surface area (Å²) in [7, 11) is 0. The van der Waals surface area contributed by atoms with E-state index in [2.05, 4.69) is 5.32 Å². The fraction of sp³-hybridized carbons (Fsp3) is 0.529. The summed E-state index contributed by atoms with van der Waals surface area (Å²) in [5, 5.41) is 12.3. The normalized spacial score (nSPS) is 20.6.